The summed E-state index contributed by atoms with van der Waals surface area (Å²) in [5.41, 5.74) is 6.98. The Bertz CT molecular complexity index is 702. The zero-order valence-corrected chi connectivity index (χ0v) is 16.2. The lowest BCUT2D eigenvalue weighted by Gasteiger charge is -2.17. The molecule has 26 heavy (non-hydrogen) atoms. The van der Waals surface area contributed by atoms with Gasteiger partial charge in [-0.15, -0.1) is 0 Å². The third-order valence-electron chi connectivity index (χ3n) is 5.27. The molecule has 0 atom stereocenters. The van der Waals surface area contributed by atoms with E-state index in [2.05, 4.69) is 10.3 Å². The second-order valence-corrected chi connectivity index (χ2v) is 9.23. The molecule has 1 heterocycles. The van der Waals surface area contributed by atoms with Crippen molar-refractivity contribution in [1.82, 2.24) is 9.62 Å². The first-order chi connectivity index (χ1) is 12.6. The molecule has 2 aliphatic rings. The first kappa shape index (κ1) is 19.2. The van der Waals surface area contributed by atoms with E-state index < -0.39 is 10.0 Å². The van der Waals surface area contributed by atoms with Gasteiger partial charge in [-0.05, 0) is 43.4 Å². The van der Waals surface area contributed by atoms with E-state index in [0.717, 1.165) is 31.2 Å². The standard InChI is InChI=1S/C19H30N4O2S/c20-19(22-17-7-3-1-2-4-8-17)21-15-16-9-11-18(12-10-16)26(24,25)23-13-5-6-14-23/h9-12,17H,1-8,13-15H2,(H3,20,21,22). The summed E-state index contributed by atoms with van der Waals surface area (Å²) in [6, 6.07) is 7.42. The summed E-state index contributed by atoms with van der Waals surface area (Å²) < 4.78 is 26.6. The number of benzene rings is 1. The molecule has 1 saturated heterocycles. The minimum absolute atomic E-state index is 0.358. The molecule has 0 aromatic heterocycles. The van der Waals surface area contributed by atoms with Crippen molar-refractivity contribution in [2.45, 2.75) is 68.8 Å². The second-order valence-electron chi connectivity index (χ2n) is 7.29. The number of rotatable bonds is 5. The van der Waals surface area contributed by atoms with Crippen LogP contribution in [-0.4, -0.2) is 37.8 Å². The van der Waals surface area contributed by atoms with Gasteiger partial charge in [0.15, 0.2) is 5.96 Å². The highest BCUT2D eigenvalue weighted by atomic mass is 32.2. The van der Waals surface area contributed by atoms with E-state index in [0.29, 0.717) is 36.5 Å². The molecule has 0 spiro atoms. The highest BCUT2D eigenvalue weighted by molar-refractivity contribution is 7.89. The Morgan fingerprint density at radius 1 is 1.04 bits per heavy atom. The first-order valence-electron chi connectivity index (χ1n) is 9.71. The van der Waals surface area contributed by atoms with Gasteiger partial charge in [0.25, 0.3) is 0 Å². The Morgan fingerprint density at radius 2 is 1.65 bits per heavy atom. The van der Waals surface area contributed by atoms with Crippen molar-refractivity contribution in [2.24, 2.45) is 10.7 Å². The van der Waals surface area contributed by atoms with Crippen LogP contribution in [0.1, 0.15) is 56.9 Å². The van der Waals surface area contributed by atoms with E-state index in [4.69, 9.17) is 5.73 Å². The molecular formula is C19H30N4O2S. The first-order valence-corrected chi connectivity index (χ1v) is 11.2. The zero-order valence-electron chi connectivity index (χ0n) is 15.4. The number of guanidine groups is 1. The Morgan fingerprint density at radius 3 is 2.27 bits per heavy atom. The summed E-state index contributed by atoms with van der Waals surface area (Å²) in [4.78, 5) is 4.77. The SMILES string of the molecule is NC(=NCc1ccc(S(=O)(=O)N2CCCC2)cc1)NC1CCCCCC1. The predicted molar refractivity (Wildman–Crippen MR) is 104 cm³/mol. The highest BCUT2D eigenvalue weighted by Gasteiger charge is 2.26. The molecular weight excluding hydrogens is 348 g/mol. The van der Waals surface area contributed by atoms with Gasteiger partial charge in [0.1, 0.15) is 0 Å². The van der Waals surface area contributed by atoms with Crippen LogP contribution in [0.15, 0.2) is 34.2 Å². The molecule has 3 rings (SSSR count). The molecule has 2 fully saturated rings. The fourth-order valence-corrected chi connectivity index (χ4v) is 5.22. The van der Waals surface area contributed by atoms with Crippen LogP contribution < -0.4 is 11.1 Å². The molecule has 6 nitrogen and oxygen atoms in total. The van der Waals surface area contributed by atoms with Crippen LogP contribution in [0, 0.1) is 0 Å². The molecule has 1 aliphatic carbocycles. The number of aliphatic imine (C=N–C) groups is 1. The number of nitrogens with zero attached hydrogens (tertiary/aromatic N) is 2. The van der Waals surface area contributed by atoms with Gasteiger partial charge in [-0.25, -0.2) is 13.4 Å². The number of hydrogen-bond donors (Lipinski definition) is 2. The van der Waals surface area contributed by atoms with Crippen LogP contribution in [0.4, 0.5) is 0 Å². The smallest absolute Gasteiger partial charge is 0.243 e. The molecule has 3 N–H and O–H groups in total. The van der Waals surface area contributed by atoms with E-state index in [-0.39, 0.29) is 0 Å². The second kappa shape index (κ2) is 8.86. The molecule has 144 valence electrons. The monoisotopic (exact) mass is 378 g/mol. The lowest BCUT2D eigenvalue weighted by Crippen LogP contribution is -2.39. The van der Waals surface area contributed by atoms with Crippen molar-refractivity contribution < 1.29 is 8.42 Å². The molecule has 1 aromatic carbocycles. The summed E-state index contributed by atoms with van der Waals surface area (Å²) in [6.45, 7) is 1.70. The summed E-state index contributed by atoms with van der Waals surface area (Å²) in [5.74, 6) is 0.477. The Kier molecular flexibility index (Phi) is 6.53. The van der Waals surface area contributed by atoms with Crippen molar-refractivity contribution in [1.29, 1.82) is 0 Å². The van der Waals surface area contributed by atoms with E-state index in [1.54, 1.807) is 16.4 Å². The van der Waals surface area contributed by atoms with Crippen molar-refractivity contribution in [3.8, 4) is 0 Å². The van der Waals surface area contributed by atoms with Gasteiger partial charge in [0.05, 0.1) is 11.4 Å². The molecule has 7 heteroatoms. The van der Waals surface area contributed by atoms with Crippen LogP contribution in [0.5, 0.6) is 0 Å². The predicted octanol–water partition coefficient (Wildman–Crippen LogP) is 2.60. The summed E-state index contributed by atoms with van der Waals surface area (Å²) in [6.07, 6.45) is 9.30. The fourth-order valence-electron chi connectivity index (χ4n) is 3.70. The zero-order chi connectivity index (χ0) is 18.4. The summed E-state index contributed by atoms with van der Waals surface area (Å²) in [7, 11) is -3.35. The largest absolute Gasteiger partial charge is 0.370 e. The van der Waals surface area contributed by atoms with Gasteiger partial charge in [-0.3, -0.25) is 0 Å². The van der Waals surface area contributed by atoms with Crippen LogP contribution in [0.2, 0.25) is 0 Å². The van der Waals surface area contributed by atoms with E-state index >= 15 is 0 Å². The maximum atomic E-state index is 12.5. The number of sulfonamides is 1. The fraction of sp³-hybridized carbons (Fsp3) is 0.632. The number of nitrogens with one attached hydrogen (secondary N) is 1. The summed E-state index contributed by atoms with van der Waals surface area (Å²) in [5, 5.41) is 3.33. The molecule has 0 radical (unpaired) electrons. The maximum absolute atomic E-state index is 12.5. The quantitative estimate of drug-likeness (QED) is 0.468. The van der Waals surface area contributed by atoms with Crippen LogP contribution >= 0.6 is 0 Å². The molecule has 0 unspecified atom stereocenters. The van der Waals surface area contributed by atoms with Gasteiger partial charge < -0.3 is 11.1 Å². The van der Waals surface area contributed by atoms with Gasteiger partial charge in [-0.1, -0.05) is 37.8 Å². The third kappa shape index (κ3) is 4.98. The van der Waals surface area contributed by atoms with Gasteiger partial charge >= 0.3 is 0 Å². The van der Waals surface area contributed by atoms with Gasteiger partial charge in [-0.2, -0.15) is 4.31 Å². The van der Waals surface area contributed by atoms with Crippen LogP contribution in [0.3, 0.4) is 0 Å². The number of nitrogens with two attached hydrogens (primary N) is 1. The van der Waals surface area contributed by atoms with E-state index in [1.165, 1.54) is 25.7 Å². The Labute approximate surface area is 156 Å². The molecule has 1 saturated carbocycles. The topological polar surface area (TPSA) is 87.8 Å². The van der Waals surface area contributed by atoms with Crippen LogP contribution in [-0.2, 0) is 16.6 Å². The molecule has 1 aromatic rings. The molecule has 0 amide bonds. The van der Waals surface area contributed by atoms with Gasteiger partial charge in [0.2, 0.25) is 10.0 Å². The normalized spacial score (nSPS) is 20.8. The van der Waals surface area contributed by atoms with Crippen molar-refractivity contribution in [2.75, 3.05) is 13.1 Å². The Hall–Kier alpha value is -1.60. The lowest BCUT2D eigenvalue weighted by molar-refractivity contribution is 0.477. The minimum atomic E-state index is -3.35. The third-order valence-corrected chi connectivity index (χ3v) is 7.18. The highest BCUT2D eigenvalue weighted by Crippen LogP contribution is 2.21. The van der Waals surface area contributed by atoms with Crippen molar-refractivity contribution in [3.63, 3.8) is 0 Å². The Balaban J connectivity index is 1.56. The van der Waals surface area contributed by atoms with Crippen molar-refractivity contribution in [3.05, 3.63) is 29.8 Å². The van der Waals surface area contributed by atoms with E-state index in [1.807, 2.05) is 12.1 Å². The minimum Gasteiger partial charge on any atom is -0.370 e. The lowest BCUT2D eigenvalue weighted by atomic mass is 10.1. The maximum Gasteiger partial charge on any atom is 0.243 e. The van der Waals surface area contributed by atoms with Gasteiger partial charge in [0, 0.05) is 19.1 Å². The number of hydrogen-bond acceptors (Lipinski definition) is 3. The van der Waals surface area contributed by atoms with Crippen molar-refractivity contribution >= 4 is 16.0 Å². The van der Waals surface area contributed by atoms with E-state index in [9.17, 15) is 8.42 Å². The molecule has 0 bridgehead atoms. The average Bonchev–Trinajstić information content (AvgIpc) is 3.08. The molecule has 1 aliphatic heterocycles. The van der Waals surface area contributed by atoms with Crippen LogP contribution in [0.25, 0.3) is 0 Å². The summed E-state index contributed by atoms with van der Waals surface area (Å²) >= 11 is 0. The average molecular weight is 379 g/mol.